The van der Waals surface area contributed by atoms with Gasteiger partial charge in [0.05, 0.1) is 12.0 Å². The van der Waals surface area contributed by atoms with Gasteiger partial charge in [-0.25, -0.2) is 0 Å². The number of likely N-dealkylation sites (tertiary alicyclic amines) is 1. The van der Waals surface area contributed by atoms with Crippen LogP contribution in [0.1, 0.15) is 17.5 Å². The van der Waals surface area contributed by atoms with Gasteiger partial charge >= 0.3 is 5.97 Å². The van der Waals surface area contributed by atoms with E-state index in [1.165, 1.54) is 11.1 Å². The van der Waals surface area contributed by atoms with Crippen LogP contribution < -0.4 is 0 Å². The molecule has 1 aromatic carbocycles. The molecule has 0 saturated carbocycles. The van der Waals surface area contributed by atoms with Gasteiger partial charge in [0, 0.05) is 12.6 Å². The number of hydrogen-bond acceptors (Lipinski definition) is 3. The molecule has 1 heterocycles. The molecule has 4 nitrogen and oxygen atoms in total. The molecule has 0 amide bonds. The topological polar surface area (TPSA) is 60.8 Å². The Bertz CT molecular complexity index is 463. The lowest BCUT2D eigenvalue weighted by Crippen LogP contribution is -2.50. The molecule has 2 aliphatic rings. The van der Waals surface area contributed by atoms with Crippen molar-refractivity contribution in [3.8, 4) is 0 Å². The number of nitrogens with zero attached hydrogens (tertiary/aromatic N) is 1. The van der Waals surface area contributed by atoms with Crippen LogP contribution in [-0.4, -0.2) is 46.3 Å². The Labute approximate surface area is 112 Å². The number of piperidine rings is 1. The number of fused-ring (bicyclic) bond motifs is 1. The first-order valence-corrected chi connectivity index (χ1v) is 6.87. The Morgan fingerprint density at radius 2 is 1.84 bits per heavy atom. The molecule has 19 heavy (non-hydrogen) atoms. The third kappa shape index (κ3) is 2.38. The van der Waals surface area contributed by atoms with E-state index >= 15 is 0 Å². The minimum atomic E-state index is -0.873. The number of carboxylic acid groups (broad SMARTS) is 1. The molecule has 4 heteroatoms. The highest BCUT2D eigenvalue weighted by Gasteiger charge is 2.36. The molecule has 2 N–H and O–H groups in total. The van der Waals surface area contributed by atoms with Crippen molar-refractivity contribution in [2.75, 3.05) is 13.1 Å². The molecule has 2 atom stereocenters. The van der Waals surface area contributed by atoms with Crippen LogP contribution in [0.2, 0.25) is 0 Å². The zero-order valence-electron chi connectivity index (χ0n) is 10.8. The number of aliphatic carboxylic acids is 1. The van der Waals surface area contributed by atoms with Gasteiger partial charge in [0.2, 0.25) is 0 Å². The van der Waals surface area contributed by atoms with Crippen molar-refractivity contribution >= 4 is 5.97 Å². The van der Waals surface area contributed by atoms with Crippen molar-refractivity contribution in [2.24, 2.45) is 5.92 Å². The fourth-order valence-electron chi connectivity index (χ4n) is 3.37. The highest BCUT2D eigenvalue weighted by molar-refractivity contribution is 5.70. The van der Waals surface area contributed by atoms with Crippen molar-refractivity contribution in [1.29, 1.82) is 0 Å². The van der Waals surface area contributed by atoms with Gasteiger partial charge in [0.1, 0.15) is 0 Å². The summed E-state index contributed by atoms with van der Waals surface area (Å²) in [7, 11) is 0. The fourth-order valence-corrected chi connectivity index (χ4v) is 3.37. The van der Waals surface area contributed by atoms with Crippen LogP contribution in [0.4, 0.5) is 0 Å². The summed E-state index contributed by atoms with van der Waals surface area (Å²) in [5.74, 6) is -1.47. The molecular formula is C15H19NO3. The van der Waals surface area contributed by atoms with E-state index in [1.54, 1.807) is 0 Å². The standard InChI is InChI=1S/C15H19NO3/c17-14-9-16(6-5-13(14)15(18)19)12-7-10-3-1-2-4-11(10)8-12/h1-4,12-14,17H,5-9H2,(H,18,19)/t13-,14+/m0/s1. The molecule has 0 bridgehead atoms. The van der Waals surface area contributed by atoms with Gasteiger partial charge in [-0.1, -0.05) is 24.3 Å². The number of rotatable bonds is 2. The number of carbonyl (C=O) groups is 1. The third-order valence-corrected chi connectivity index (χ3v) is 4.48. The number of benzene rings is 1. The van der Waals surface area contributed by atoms with Crippen LogP contribution in [0, 0.1) is 5.92 Å². The van der Waals surface area contributed by atoms with Crippen molar-refractivity contribution in [1.82, 2.24) is 4.90 Å². The van der Waals surface area contributed by atoms with Crippen molar-refractivity contribution in [3.05, 3.63) is 35.4 Å². The average molecular weight is 261 g/mol. The Morgan fingerprint density at radius 3 is 2.37 bits per heavy atom. The van der Waals surface area contributed by atoms with Crippen molar-refractivity contribution in [3.63, 3.8) is 0 Å². The van der Waals surface area contributed by atoms with Gasteiger partial charge in [0.25, 0.3) is 0 Å². The number of aliphatic hydroxyl groups is 1. The second kappa shape index (κ2) is 4.94. The van der Waals surface area contributed by atoms with Crippen LogP contribution in [0.3, 0.4) is 0 Å². The zero-order chi connectivity index (χ0) is 13.4. The summed E-state index contributed by atoms with van der Waals surface area (Å²) in [6, 6.07) is 8.87. The lowest BCUT2D eigenvalue weighted by Gasteiger charge is -2.37. The molecule has 1 saturated heterocycles. The highest BCUT2D eigenvalue weighted by Crippen LogP contribution is 2.28. The van der Waals surface area contributed by atoms with Crippen LogP contribution >= 0.6 is 0 Å². The Balaban J connectivity index is 1.66. The Kier molecular flexibility index (Phi) is 3.29. The second-order valence-electron chi connectivity index (χ2n) is 5.63. The summed E-state index contributed by atoms with van der Waals surface area (Å²) in [6.45, 7) is 1.25. The van der Waals surface area contributed by atoms with Crippen LogP contribution in [-0.2, 0) is 17.6 Å². The molecular weight excluding hydrogens is 242 g/mol. The van der Waals surface area contributed by atoms with Crippen molar-refractivity contribution in [2.45, 2.75) is 31.4 Å². The lowest BCUT2D eigenvalue weighted by atomic mass is 9.92. The SMILES string of the molecule is O=C(O)[C@H]1CCN(C2Cc3ccccc3C2)C[C@H]1O. The van der Waals surface area contributed by atoms with Crippen molar-refractivity contribution < 1.29 is 15.0 Å². The maximum Gasteiger partial charge on any atom is 0.309 e. The highest BCUT2D eigenvalue weighted by atomic mass is 16.4. The molecule has 0 radical (unpaired) electrons. The molecule has 3 rings (SSSR count). The van der Waals surface area contributed by atoms with Gasteiger partial charge in [-0.15, -0.1) is 0 Å². The predicted molar refractivity (Wildman–Crippen MR) is 71.0 cm³/mol. The molecule has 1 fully saturated rings. The van der Waals surface area contributed by atoms with E-state index in [4.69, 9.17) is 5.11 Å². The van der Waals surface area contributed by atoms with E-state index in [-0.39, 0.29) is 0 Å². The lowest BCUT2D eigenvalue weighted by molar-refractivity contribution is -0.149. The summed E-state index contributed by atoms with van der Waals surface area (Å²) in [4.78, 5) is 13.2. The molecule has 1 aliphatic carbocycles. The van der Waals surface area contributed by atoms with Gasteiger partial charge in [-0.2, -0.15) is 0 Å². The van der Waals surface area contributed by atoms with Crippen LogP contribution in [0.15, 0.2) is 24.3 Å². The quantitative estimate of drug-likeness (QED) is 0.831. The number of β-amino-alcohol motifs (C(OH)–C–C–N with tert-alkyl or cyclic N) is 1. The minimum Gasteiger partial charge on any atom is -0.481 e. The maximum absolute atomic E-state index is 11.0. The average Bonchev–Trinajstić information content (AvgIpc) is 2.81. The molecule has 0 aromatic heterocycles. The predicted octanol–water partition coefficient (Wildman–Crippen LogP) is 0.921. The Morgan fingerprint density at radius 1 is 1.21 bits per heavy atom. The normalized spacial score (nSPS) is 28.3. The first-order chi connectivity index (χ1) is 9.15. The summed E-state index contributed by atoms with van der Waals surface area (Å²) >= 11 is 0. The number of carboxylic acids is 1. The van der Waals surface area contributed by atoms with Gasteiger partial charge in [-0.05, 0) is 36.9 Å². The summed E-state index contributed by atoms with van der Waals surface area (Å²) in [5.41, 5.74) is 2.78. The van der Waals surface area contributed by atoms with Gasteiger partial charge in [-0.3, -0.25) is 9.69 Å². The number of hydrogen-bond donors (Lipinski definition) is 2. The molecule has 1 aliphatic heterocycles. The summed E-state index contributed by atoms with van der Waals surface area (Å²) < 4.78 is 0. The van der Waals surface area contributed by atoms with Gasteiger partial charge in [0.15, 0.2) is 0 Å². The molecule has 0 spiro atoms. The maximum atomic E-state index is 11.0. The summed E-state index contributed by atoms with van der Waals surface area (Å²) in [5, 5.41) is 19.0. The zero-order valence-corrected chi connectivity index (χ0v) is 10.8. The van der Waals surface area contributed by atoms with E-state index in [0.717, 1.165) is 19.4 Å². The molecule has 0 unspecified atom stereocenters. The van der Waals surface area contributed by atoms with Crippen LogP contribution in [0.5, 0.6) is 0 Å². The van der Waals surface area contributed by atoms with E-state index in [1.807, 2.05) is 0 Å². The van der Waals surface area contributed by atoms with Crippen LogP contribution in [0.25, 0.3) is 0 Å². The third-order valence-electron chi connectivity index (χ3n) is 4.48. The minimum absolute atomic E-state index is 0.418. The first kappa shape index (κ1) is 12.6. The Hall–Kier alpha value is -1.39. The summed E-state index contributed by atoms with van der Waals surface area (Å²) in [6.07, 6.45) is 1.83. The first-order valence-electron chi connectivity index (χ1n) is 6.87. The van der Waals surface area contributed by atoms with E-state index in [0.29, 0.717) is 19.0 Å². The van der Waals surface area contributed by atoms with E-state index < -0.39 is 18.0 Å². The van der Waals surface area contributed by atoms with E-state index in [9.17, 15) is 9.90 Å². The molecule has 1 aromatic rings. The number of aliphatic hydroxyl groups excluding tert-OH is 1. The largest absolute Gasteiger partial charge is 0.481 e. The smallest absolute Gasteiger partial charge is 0.309 e. The molecule has 102 valence electrons. The monoisotopic (exact) mass is 261 g/mol. The van der Waals surface area contributed by atoms with E-state index in [2.05, 4.69) is 29.2 Å². The second-order valence-corrected chi connectivity index (χ2v) is 5.63. The van der Waals surface area contributed by atoms with Gasteiger partial charge < -0.3 is 10.2 Å². The fraction of sp³-hybridized carbons (Fsp3) is 0.533.